The summed E-state index contributed by atoms with van der Waals surface area (Å²) in [6.07, 6.45) is 0. The van der Waals surface area contributed by atoms with Crippen LogP contribution in [0.15, 0.2) is 18.2 Å². The molecule has 1 aromatic carbocycles. The van der Waals surface area contributed by atoms with Crippen LogP contribution in [0.3, 0.4) is 0 Å². The second kappa shape index (κ2) is 7.41. The van der Waals surface area contributed by atoms with Crippen molar-refractivity contribution in [1.29, 1.82) is 0 Å². The maximum atomic E-state index is 11.2. The Hall–Kier alpha value is -0.0400. The molecule has 1 aromatic rings. The van der Waals surface area contributed by atoms with E-state index in [1.165, 1.54) is 7.11 Å². The second-order valence-corrected chi connectivity index (χ2v) is 5.64. The third-order valence-electron chi connectivity index (χ3n) is 2.14. The van der Waals surface area contributed by atoms with Crippen molar-refractivity contribution in [3.8, 4) is 0 Å². The van der Waals surface area contributed by atoms with Crippen molar-refractivity contribution in [3.63, 3.8) is 0 Å². The van der Waals surface area contributed by atoms with Crippen molar-refractivity contribution >= 4 is 51.8 Å². The van der Waals surface area contributed by atoms with Crippen LogP contribution in [0.1, 0.15) is 5.56 Å². The predicted molar refractivity (Wildman–Crippen MR) is 78.0 cm³/mol. The topological polar surface area (TPSA) is 38.3 Å². The van der Waals surface area contributed by atoms with Crippen LogP contribution in [0.5, 0.6) is 0 Å². The molecular formula is C11H12Cl2INO2. The Morgan fingerprint density at radius 2 is 2.06 bits per heavy atom. The van der Waals surface area contributed by atoms with Crippen LogP contribution in [-0.4, -0.2) is 23.5 Å². The average molecular weight is 388 g/mol. The molecule has 94 valence electrons. The number of ether oxygens (including phenoxy) is 1. The molecule has 0 aromatic heterocycles. The van der Waals surface area contributed by atoms with Crippen LogP contribution < -0.4 is 5.32 Å². The Labute approximate surface area is 124 Å². The van der Waals surface area contributed by atoms with Gasteiger partial charge in [0.1, 0.15) is 3.92 Å². The third kappa shape index (κ3) is 4.62. The van der Waals surface area contributed by atoms with E-state index < -0.39 is 0 Å². The number of methoxy groups -OCH3 is 1. The molecule has 0 fully saturated rings. The lowest BCUT2D eigenvalue weighted by Crippen LogP contribution is -2.29. The fourth-order valence-electron chi connectivity index (χ4n) is 1.24. The third-order valence-corrected chi connectivity index (χ3v) is 3.80. The van der Waals surface area contributed by atoms with Crippen molar-refractivity contribution in [2.24, 2.45) is 0 Å². The molecule has 1 atom stereocenters. The molecule has 0 amide bonds. The van der Waals surface area contributed by atoms with E-state index in [2.05, 4.69) is 10.1 Å². The summed E-state index contributed by atoms with van der Waals surface area (Å²) in [6.45, 7) is 1.03. The Bertz CT molecular complexity index is 381. The highest BCUT2D eigenvalue weighted by Gasteiger charge is 2.14. The number of alkyl halides is 1. The van der Waals surface area contributed by atoms with Crippen LogP contribution >= 0.6 is 45.8 Å². The van der Waals surface area contributed by atoms with Crippen molar-refractivity contribution in [1.82, 2.24) is 5.32 Å². The molecule has 0 aliphatic carbocycles. The summed E-state index contributed by atoms with van der Waals surface area (Å²) in [6, 6.07) is 5.36. The van der Waals surface area contributed by atoms with E-state index in [0.29, 0.717) is 23.1 Å². The first-order chi connectivity index (χ1) is 8.06. The molecule has 1 N–H and O–H groups in total. The van der Waals surface area contributed by atoms with Crippen LogP contribution in [0.25, 0.3) is 0 Å². The molecule has 1 rings (SSSR count). The van der Waals surface area contributed by atoms with Gasteiger partial charge in [0.05, 0.1) is 7.11 Å². The largest absolute Gasteiger partial charge is 0.468 e. The maximum Gasteiger partial charge on any atom is 0.319 e. The first-order valence-corrected chi connectivity index (χ1v) is 6.92. The van der Waals surface area contributed by atoms with E-state index in [4.69, 9.17) is 23.2 Å². The number of nitrogens with one attached hydrogen (secondary N) is 1. The van der Waals surface area contributed by atoms with Crippen LogP contribution in [-0.2, 0) is 16.1 Å². The van der Waals surface area contributed by atoms with E-state index in [1.807, 2.05) is 22.6 Å². The van der Waals surface area contributed by atoms with Gasteiger partial charge < -0.3 is 10.1 Å². The zero-order valence-corrected chi connectivity index (χ0v) is 12.8. The Morgan fingerprint density at radius 3 is 2.59 bits per heavy atom. The van der Waals surface area contributed by atoms with Gasteiger partial charge in [-0.3, -0.25) is 4.79 Å². The number of esters is 1. The van der Waals surface area contributed by atoms with Gasteiger partial charge in [0.25, 0.3) is 0 Å². The summed E-state index contributed by atoms with van der Waals surface area (Å²) < 4.78 is 4.40. The minimum Gasteiger partial charge on any atom is -0.468 e. The fourth-order valence-corrected chi connectivity index (χ4v) is 2.33. The maximum absolute atomic E-state index is 11.2. The minimum absolute atomic E-state index is 0.223. The first-order valence-electron chi connectivity index (χ1n) is 4.91. The van der Waals surface area contributed by atoms with E-state index in [-0.39, 0.29) is 9.89 Å². The number of hydrogen-bond donors (Lipinski definition) is 1. The lowest BCUT2D eigenvalue weighted by Gasteiger charge is -2.11. The quantitative estimate of drug-likeness (QED) is 0.479. The van der Waals surface area contributed by atoms with Gasteiger partial charge in [-0.15, -0.1) is 0 Å². The molecule has 0 aliphatic rings. The molecule has 0 spiro atoms. The highest BCUT2D eigenvalue weighted by molar-refractivity contribution is 14.1. The number of carbonyl (C=O) groups is 1. The van der Waals surface area contributed by atoms with Crippen LogP contribution in [0, 0.1) is 0 Å². The zero-order valence-electron chi connectivity index (χ0n) is 9.17. The van der Waals surface area contributed by atoms with Crippen LogP contribution in [0.4, 0.5) is 0 Å². The Balaban J connectivity index is 2.49. The molecule has 6 heteroatoms. The molecule has 0 radical (unpaired) electrons. The summed E-state index contributed by atoms with van der Waals surface area (Å²) in [5.41, 5.74) is 0.837. The number of benzene rings is 1. The molecule has 17 heavy (non-hydrogen) atoms. The van der Waals surface area contributed by atoms with Gasteiger partial charge in [0.15, 0.2) is 0 Å². The summed E-state index contributed by atoms with van der Waals surface area (Å²) >= 11 is 14.1. The zero-order chi connectivity index (χ0) is 12.8. The predicted octanol–water partition coefficient (Wildman–Crippen LogP) is 3.06. The van der Waals surface area contributed by atoms with Gasteiger partial charge in [-0.05, 0) is 12.1 Å². The molecule has 0 saturated carbocycles. The smallest absolute Gasteiger partial charge is 0.319 e. The van der Waals surface area contributed by atoms with E-state index in [1.54, 1.807) is 18.2 Å². The number of rotatable bonds is 5. The molecule has 1 unspecified atom stereocenters. The SMILES string of the molecule is COC(=O)C(I)CNCc1c(Cl)cccc1Cl. The van der Waals surface area contributed by atoms with Gasteiger partial charge >= 0.3 is 5.97 Å². The molecule has 0 aliphatic heterocycles. The summed E-state index contributed by atoms with van der Waals surface area (Å²) in [7, 11) is 1.37. The highest BCUT2D eigenvalue weighted by Crippen LogP contribution is 2.23. The molecule has 3 nitrogen and oxygen atoms in total. The first kappa shape index (κ1) is 15.0. The van der Waals surface area contributed by atoms with Crippen LogP contribution in [0.2, 0.25) is 10.0 Å². The van der Waals surface area contributed by atoms with Gasteiger partial charge in [-0.2, -0.15) is 0 Å². The summed E-state index contributed by atoms with van der Waals surface area (Å²) in [5, 5.41) is 4.36. The second-order valence-electron chi connectivity index (χ2n) is 3.32. The summed E-state index contributed by atoms with van der Waals surface area (Å²) in [5.74, 6) is -0.247. The highest BCUT2D eigenvalue weighted by atomic mass is 127. The normalized spacial score (nSPS) is 12.2. The molecule has 0 bridgehead atoms. The van der Waals surface area contributed by atoms with Gasteiger partial charge in [0.2, 0.25) is 0 Å². The van der Waals surface area contributed by atoms with E-state index in [0.717, 1.165) is 5.56 Å². The Morgan fingerprint density at radius 1 is 1.47 bits per heavy atom. The molecular weight excluding hydrogens is 376 g/mol. The van der Waals surface area contributed by atoms with Crippen molar-refractivity contribution in [3.05, 3.63) is 33.8 Å². The summed E-state index contributed by atoms with van der Waals surface area (Å²) in [4.78, 5) is 11.2. The van der Waals surface area contributed by atoms with Crippen molar-refractivity contribution in [2.45, 2.75) is 10.5 Å². The van der Waals surface area contributed by atoms with Gasteiger partial charge in [-0.25, -0.2) is 0 Å². The van der Waals surface area contributed by atoms with Gasteiger partial charge in [0, 0.05) is 28.7 Å². The van der Waals surface area contributed by atoms with E-state index in [9.17, 15) is 4.79 Å². The van der Waals surface area contributed by atoms with E-state index >= 15 is 0 Å². The Kier molecular flexibility index (Phi) is 6.54. The molecule has 0 saturated heterocycles. The average Bonchev–Trinajstić information content (AvgIpc) is 2.31. The van der Waals surface area contributed by atoms with Gasteiger partial charge in [-0.1, -0.05) is 51.9 Å². The number of hydrogen-bond acceptors (Lipinski definition) is 3. The monoisotopic (exact) mass is 387 g/mol. The van der Waals surface area contributed by atoms with Crippen molar-refractivity contribution < 1.29 is 9.53 Å². The fraction of sp³-hybridized carbons (Fsp3) is 0.364. The number of halogens is 3. The number of carbonyl (C=O) groups excluding carboxylic acids is 1. The lowest BCUT2D eigenvalue weighted by atomic mass is 10.2. The lowest BCUT2D eigenvalue weighted by molar-refractivity contribution is -0.139. The minimum atomic E-state index is -0.247. The van der Waals surface area contributed by atoms with Crippen molar-refractivity contribution in [2.75, 3.05) is 13.7 Å². The standard InChI is InChI=1S/C11H12Cl2INO2/c1-17-11(16)10(14)6-15-5-7-8(12)3-2-4-9(7)13/h2-4,10,15H,5-6H2,1H3. The molecule has 0 heterocycles.